The number of aromatic nitrogens is 2. The van der Waals surface area contributed by atoms with Gasteiger partial charge in [-0.3, -0.25) is 14.8 Å². The molecule has 0 aliphatic carbocycles. The topological polar surface area (TPSA) is 83.9 Å². The quantitative estimate of drug-likeness (QED) is 0.605. The van der Waals surface area contributed by atoms with Gasteiger partial charge in [-0.25, -0.2) is 0 Å². The van der Waals surface area contributed by atoms with Crippen LogP contribution < -0.4 is 5.32 Å². The summed E-state index contributed by atoms with van der Waals surface area (Å²) in [6, 6.07) is 4.99. The summed E-state index contributed by atoms with van der Waals surface area (Å²) in [5.41, 5.74) is 0. The van der Waals surface area contributed by atoms with E-state index < -0.39 is 5.91 Å². The van der Waals surface area contributed by atoms with E-state index in [2.05, 4.69) is 5.10 Å². The van der Waals surface area contributed by atoms with Crippen molar-refractivity contribution in [2.45, 2.75) is 6.54 Å². The van der Waals surface area contributed by atoms with Crippen LogP contribution in [-0.4, -0.2) is 15.7 Å². The Kier molecular flexibility index (Phi) is 2.69. The van der Waals surface area contributed by atoms with E-state index in [0.717, 1.165) is 0 Å². The number of hydrogen-bond donors (Lipinski definition) is 1. The van der Waals surface area contributed by atoms with Crippen molar-refractivity contribution in [1.29, 1.82) is 5.26 Å². The molecule has 0 fully saturated rings. The van der Waals surface area contributed by atoms with Crippen molar-refractivity contribution in [3.63, 3.8) is 0 Å². The van der Waals surface area contributed by atoms with E-state index in [-0.39, 0.29) is 5.76 Å². The molecule has 2 rings (SSSR count). The molecular formula is C10H8N4O2. The molecule has 16 heavy (non-hydrogen) atoms. The molecule has 1 N–H and O–H groups in total. The highest BCUT2D eigenvalue weighted by atomic mass is 16.4. The number of carbonyl (C=O) groups is 1. The van der Waals surface area contributed by atoms with E-state index in [0.29, 0.717) is 12.3 Å². The van der Waals surface area contributed by atoms with Crippen LogP contribution in [0.15, 0.2) is 35.0 Å². The van der Waals surface area contributed by atoms with Crippen molar-refractivity contribution < 1.29 is 9.21 Å². The van der Waals surface area contributed by atoms with Crippen molar-refractivity contribution in [1.82, 2.24) is 15.1 Å². The van der Waals surface area contributed by atoms with Crippen molar-refractivity contribution in [2.24, 2.45) is 0 Å². The minimum atomic E-state index is -0.547. The van der Waals surface area contributed by atoms with Crippen LogP contribution in [0.25, 0.3) is 0 Å². The molecule has 0 atom stereocenters. The highest BCUT2D eigenvalue weighted by Gasteiger charge is 2.10. The molecule has 0 saturated carbocycles. The second-order valence-corrected chi connectivity index (χ2v) is 3.04. The normalized spacial score (nSPS) is 9.69. The van der Waals surface area contributed by atoms with Gasteiger partial charge in [0, 0.05) is 12.4 Å². The summed E-state index contributed by atoms with van der Waals surface area (Å²) in [5, 5.41) is 14.3. The van der Waals surface area contributed by atoms with Gasteiger partial charge in [0.1, 0.15) is 5.76 Å². The lowest BCUT2D eigenvalue weighted by molar-refractivity contribution is 0.0943. The fourth-order valence-electron chi connectivity index (χ4n) is 1.25. The lowest BCUT2D eigenvalue weighted by atomic mass is 10.4. The van der Waals surface area contributed by atoms with Gasteiger partial charge in [0.2, 0.25) is 0 Å². The molecule has 0 saturated heterocycles. The molecule has 0 aliphatic heterocycles. The van der Waals surface area contributed by atoms with E-state index in [1.54, 1.807) is 35.4 Å². The lowest BCUT2D eigenvalue weighted by Crippen LogP contribution is -2.16. The number of nitrogens with zero attached hydrogens (tertiary/aromatic N) is 3. The number of carbonyl (C=O) groups excluding carboxylic acids is 1. The Balaban J connectivity index is 2.08. The van der Waals surface area contributed by atoms with Gasteiger partial charge >= 0.3 is 0 Å². The third-order valence-corrected chi connectivity index (χ3v) is 1.93. The van der Waals surface area contributed by atoms with Gasteiger partial charge in [0.05, 0.1) is 6.54 Å². The molecule has 80 valence electrons. The van der Waals surface area contributed by atoms with E-state index in [1.807, 2.05) is 5.32 Å². The van der Waals surface area contributed by atoms with E-state index in [9.17, 15) is 4.79 Å². The molecular weight excluding hydrogens is 208 g/mol. The summed E-state index contributed by atoms with van der Waals surface area (Å²) in [5.74, 6) is 0.171. The van der Waals surface area contributed by atoms with Gasteiger partial charge in [-0.15, -0.1) is 0 Å². The highest BCUT2D eigenvalue weighted by molar-refractivity contribution is 5.92. The minimum Gasteiger partial charge on any atom is -0.454 e. The zero-order chi connectivity index (χ0) is 11.4. The van der Waals surface area contributed by atoms with E-state index in [4.69, 9.17) is 9.68 Å². The number of furan rings is 1. The summed E-state index contributed by atoms with van der Waals surface area (Å²) in [6.07, 6.45) is 4.99. The zero-order valence-electron chi connectivity index (χ0n) is 8.25. The Hall–Kier alpha value is -2.55. The molecule has 0 unspecified atom stereocenters. The Morgan fingerprint density at radius 3 is 3.19 bits per heavy atom. The standard InChI is InChI=1S/C10H8N4O2/c11-7-12-10(15)9-3-2-8(16-9)6-14-5-1-4-13-14/h1-5H,6H2,(H,12,15). The number of hydrogen-bond acceptors (Lipinski definition) is 4. The molecule has 0 radical (unpaired) electrons. The summed E-state index contributed by atoms with van der Waals surface area (Å²) >= 11 is 0. The Bertz CT molecular complexity index is 521. The largest absolute Gasteiger partial charge is 0.454 e. The summed E-state index contributed by atoms with van der Waals surface area (Å²) in [6.45, 7) is 0.451. The maximum Gasteiger partial charge on any atom is 0.299 e. The summed E-state index contributed by atoms with van der Waals surface area (Å²) in [4.78, 5) is 11.2. The SMILES string of the molecule is N#CNC(=O)c1ccc(Cn2cccn2)o1. The predicted octanol–water partition coefficient (Wildman–Crippen LogP) is 0.735. The van der Waals surface area contributed by atoms with Gasteiger partial charge in [-0.1, -0.05) is 0 Å². The number of nitrogens with one attached hydrogen (secondary N) is 1. The molecule has 6 heteroatoms. The Morgan fingerprint density at radius 1 is 1.62 bits per heavy atom. The van der Waals surface area contributed by atoms with E-state index in [1.165, 1.54) is 6.07 Å². The van der Waals surface area contributed by atoms with Crippen LogP contribution in [0.2, 0.25) is 0 Å². The van der Waals surface area contributed by atoms with Crippen molar-refractivity contribution >= 4 is 5.91 Å². The first kappa shape index (κ1) is 9.98. The zero-order valence-corrected chi connectivity index (χ0v) is 8.25. The number of amides is 1. The van der Waals surface area contributed by atoms with Crippen LogP contribution >= 0.6 is 0 Å². The predicted molar refractivity (Wildman–Crippen MR) is 53.1 cm³/mol. The first-order valence-corrected chi connectivity index (χ1v) is 4.55. The molecule has 2 aromatic heterocycles. The molecule has 2 aromatic rings. The van der Waals surface area contributed by atoms with Gasteiger partial charge in [0.25, 0.3) is 5.91 Å². The monoisotopic (exact) mass is 216 g/mol. The third kappa shape index (κ3) is 2.09. The maximum atomic E-state index is 11.2. The lowest BCUT2D eigenvalue weighted by Gasteiger charge is -1.96. The molecule has 1 amide bonds. The Labute approximate surface area is 91.1 Å². The summed E-state index contributed by atoms with van der Waals surface area (Å²) in [7, 11) is 0. The minimum absolute atomic E-state index is 0.115. The van der Waals surface area contributed by atoms with Gasteiger partial charge < -0.3 is 4.42 Å². The highest BCUT2D eigenvalue weighted by Crippen LogP contribution is 2.08. The number of nitriles is 1. The van der Waals surface area contributed by atoms with Crippen LogP contribution in [0.3, 0.4) is 0 Å². The average molecular weight is 216 g/mol. The number of rotatable bonds is 3. The fraction of sp³-hybridized carbons (Fsp3) is 0.100. The van der Waals surface area contributed by atoms with Crippen LogP contribution in [0.4, 0.5) is 0 Å². The first-order valence-electron chi connectivity index (χ1n) is 4.55. The average Bonchev–Trinajstić information content (AvgIpc) is 2.90. The van der Waals surface area contributed by atoms with Crippen molar-refractivity contribution in [3.05, 3.63) is 42.1 Å². The summed E-state index contributed by atoms with van der Waals surface area (Å²) < 4.78 is 6.92. The maximum absolute atomic E-state index is 11.2. The fourth-order valence-corrected chi connectivity index (χ4v) is 1.25. The second-order valence-electron chi connectivity index (χ2n) is 3.04. The van der Waals surface area contributed by atoms with Crippen molar-refractivity contribution in [2.75, 3.05) is 0 Å². The van der Waals surface area contributed by atoms with Gasteiger partial charge in [-0.05, 0) is 18.2 Å². The molecule has 2 heterocycles. The van der Waals surface area contributed by atoms with Crippen LogP contribution in [-0.2, 0) is 6.54 Å². The van der Waals surface area contributed by atoms with Gasteiger partial charge in [-0.2, -0.15) is 10.4 Å². The van der Waals surface area contributed by atoms with Crippen LogP contribution in [0.1, 0.15) is 16.3 Å². The van der Waals surface area contributed by atoms with Crippen LogP contribution in [0.5, 0.6) is 0 Å². The molecule has 0 aliphatic rings. The van der Waals surface area contributed by atoms with E-state index >= 15 is 0 Å². The molecule has 0 bridgehead atoms. The van der Waals surface area contributed by atoms with Gasteiger partial charge in [0.15, 0.2) is 12.0 Å². The third-order valence-electron chi connectivity index (χ3n) is 1.93. The smallest absolute Gasteiger partial charge is 0.299 e. The molecule has 0 aromatic carbocycles. The van der Waals surface area contributed by atoms with Crippen molar-refractivity contribution in [3.8, 4) is 6.19 Å². The van der Waals surface area contributed by atoms with Crippen LogP contribution in [0, 0.1) is 11.5 Å². The second kappa shape index (κ2) is 4.31. The Morgan fingerprint density at radius 2 is 2.50 bits per heavy atom. The molecule has 6 nitrogen and oxygen atoms in total. The first-order chi connectivity index (χ1) is 7.79. The molecule has 0 spiro atoms.